The Morgan fingerprint density at radius 1 is 1.40 bits per heavy atom. The standard InChI is InChI=1S/C16H30N2O2/c1-5-18(12(2)3)14-7-6-10-16(11-14,15(19)20-4)17-13-8-9-13/h12-14,17H,5-11H2,1-4H3. The Balaban J connectivity index is 2.12. The average Bonchev–Trinajstić information content (AvgIpc) is 3.22. The van der Waals surface area contributed by atoms with Crippen LogP contribution in [-0.4, -0.2) is 48.2 Å². The van der Waals surface area contributed by atoms with E-state index in [1.807, 2.05) is 0 Å². The number of esters is 1. The smallest absolute Gasteiger partial charge is 0.326 e. The number of nitrogens with zero attached hydrogens (tertiary/aromatic N) is 1. The van der Waals surface area contributed by atoms with E-state index >= 15 is 0 Å². The van der Waals surface area contributed by atoms with Crippen molar-refractivity contribution in [3.05, 3.63) is 0 Å². The van der Waals surface area contributed by atoms with E-state index in [0.717, 1.165) is 25.8 Å². The second-order valence-corrected chi connectivity index (χ2v) is 6.67. The van der Waals surface area contributed by atoms with Gasteiger partial charge in [0.25, 0.3) is 0 Å². The minimum absolute atomic E-state index is 0.0612. The summed E-state index contributed by atoms with van der Waals surface area (Å²) in [5.74, 6) is -0.0612. The second kappa shape index (κ2) is 6.44. The zero-order chi connectivity index (χ0) is 14.8. The van der Waals surface area contributed by atoms with Crippen LogP contribution in [0.2, 0.25) is 0 Å². The molecular weight excluding hydrogens is 252 g/mol. The molecule has 0 aromatic rings. The molecule has 0 aromatic carbocycles. The molecule has 2 atom stereocenters. The lowest BCUT2D eigenvalue weighted by atomic mass is 9.77. The Morgan fingerprint density at radius 3 is 2.60 bits per heavy atom. The number of hydrogen-bond acceptors (Lipinski definition) is 4. The molecular formula is C16H30N2O2. The van der Waals surface area contributed by atoms with Crippen LogP contribution in [0, 0.1) is 0 Å². The van der Waals surface area contributed by atoms with E-state index in [4.69, 9.17) is 4.74 Å². The summed E-state index contributed by atoms with van der Waals surface area (Å²) < 4.78 is 5.12. The molecule has 2 rings (SSSR count). The lowest BCUT2D eigenvalue weighted by Gasteiger charge is -2.44. The topological polar surface area (TPSA) is 41.6 Å². The second-order valence-electron chi connectivity index (χ2n) is 6.67. The molecule has 2 aliphatic carbocycles. The maximum atomic E-state index is 12.4. The van der Waals surface area contributed by atoms with Gasteiger partial charge in [0.2, 0.25) is 0 Å². The van der Waals surface area contributed by atoms with Crippen molar-refractivity contribution in [1.82, 2.24) is 10.2 Å². The van der Waals surface area contributed by atoms with Crippen LogP contribution in [0.15, 0.2) is 0 Å². The van der Waals surface area contributed by atoms with Gasteiger partial charge in [-0.3, -0.25) is 15.0 Å². The maximum absolute atomic E-state index is 12.4. The molecule has 0 saturated heterocycles. The van der Waals surface area contributed by atoms with E-state index in [2.05, 4.69) is 31.0 Å². The molecule has 4 nitrogen and oxygen atoms in total. The van der Waals surface area contributed by atoms with E-state index < -0.39 is 5.54 Å². The van der Waals surface area contributed by atoms with Crippen LogP contribution in [0.5, 0.6) is 0 Å². The van der Waals surface area contributed by atoms with Crippen LogP contribution >= 0.6 is 0 Å². The van der Waals surface area contributed by atoms with Crippen LogP contribution < -0.4 is 5.32 Å². The van der Waals surface area contributed by atoms with E-state index in [0.29, 0.717) is 18.1 Å². The minimum Gasteiger partial charge on any atom is -0.468 e. The van der Waals surface area contributed by atoms with Gasteiger partial charge in [-0.05, 0) is 58.9 Å². The number of rotatable bonds is 6. The van der Waals surface area contributed by atoms with Gasteiger partial charge >= 0.3 is 5.97 Å². The van der Waals surface area contributed by atoms with Gasteiger partial charge in [-0.1, -0.05) is 6.92 Å². The Morgan fingerprint density at radius 2 is 2.10 bits per heavy atom. The fourth-order valence-electron chi connectivity index (χ4n) is 3.76. The van der Waals surface area contributed by atoms with Crippen LogP contribution in [0.25, 0.3) is 0 Å². The van der Waals surface area contributed by atoms with Gasteiger partial charge in [-0.2, -0.15) is 0 Å². The van der Waals surface area contributed by atoms with E-state index in [-0.39, 0.29) is 5.97 Å². The van der Waals surface area contributed by atoms with Crippen LogP contribution in [0.3, 0.4) is 0 Å². The number of hydrogen-bond donors (Lipinski definition) is 1. The fraction of sp³-hybridized carbons (Fsp3) is 0.938. The molecule has 0 heterocycles. The Hall–Kier alpha value is -0.610. The predicted octanol–water partition coefficient (Wildman–Crippen LogP) is 2.32. The molecule has 20 heavy (non-hydrogen) atoms. The highest BCUT2D eigenvalue weighted by atomic mass is 16.5. The van der Waals surface area contributed by atoms with Crippen molar-refractivity contribution in [3.63, 3.8) is 0 Å². The number of carbonyl (C=O) groups is 1. The van der Waals surface area contributed by atoms with Gasteiger partial charge in [0, 0.05) is 18.1 Å². The van der Waals surface area contributed by atoms with E-state index in [1.165, 1.54) is 26.4 Å². The summed E-state index contributed by atoms with van der Waals surface area (Å²) in [5, 5.41) is 3.60. The van der Waals surface area contributed by atoms with Crippen molar-refractivity contribution < 1.29 is 9.53 Å². The Bertz CT molecular complexity index is 341. The zero-order valence-corrected chi connectivity index (χ0v) is 13.4. The molecule has 116 valence electrons. The third-order valence-corrected chi connectivity index (χ3v) is 4.86. The third-order valence-electron chi connectivity index (χ3n) is 4.86. The van der Waals surface area contributed by atoms with Crippen molar-refractivity contribution >= 4 is 5.97 Å². The first-order chi connectivity index (χ1) is 9.52. The number of nitrogens with one attached hydrogen (secondary N) is 1. The maximum Gasteiger partial charge on any atom is 0.326 e. The summed E-state index contributed by atoms with van der Waals surface area (Å²) in [6.07, 6.45) is 6.50. The minimum atomic E-state index is -0.443. The molecule has 0 amide bonds. The largest absolute Gasteiger partial charge is 0.468 e. The lowest BCUT2D eigenvalue weighted by molar-refractivity contribution is -0.151. The molecule has 0 aromatic heterocycles. The molecule has 0 aliphatic heterocycles. The van der Waals surface area contributed by atoms with Crippen LogP contribution in [0.1, 0.15) is 59.3 Å². The summed E-state index contributed by atoms with van der Waals surface area (Å²) >= 11 is 0. The molecule has 0 bridgehead atoms. The van der Waals surface area contributed by atoms with Crippen molar-refractivity contribution in [2.45, 2.75) is 83.0 Å². The van der Waals surface area contributed by atoms with E-state index in [1.54, 1.807) is 0 Å². The highest BCUT2D eigenvalue weighted by Gasteiger charge is 2.47. The molecule has 4 heteroatoms. The quantitative estimate of drug-likeness (QED) is 0.759. The molecule has 2 unspecified atom stereocenters. The van der Waals surface area contributed by atoms with Gasteiger partial charge in [0.05, 0.1) is 7.11 Å². The highest BCUT2D eigenvalue weighted by molar-refractivity contribution is 5.81. The summed E-state index contributed by atoms with van der Waals surface area (Å²) in [6, 6.07) is 1.54. The van der Waals surface area contributed by atoms with Gasteiger partial charge in [-0.25, -0.2) is 0 Å². The third kappa shape index (κ3) is 3.34. The molecule has 1 N–H and O–H groups in total. The summed E-state index contributed by atoms with van der Waals surface area (Å²) in [4.78, 5) is 14.9. The first-order valence-corrected chi connectivity index (χ1v) is 8.14. The number of ether oxygens (including phenoxy) is 1. The summed E-state index contributed by atoms with van der Waals surface area (Å²) in [7, 11) is 1.52. The SMILES string of the molecule is CCN(C(C)C)C1CCCC(NC2CC2)(C(=O)OC)C1. The monoisotopic (exact) mass is 282 g/mol. The highest BCUT2D eigenvalue weighted by Crippen LogP contribution is 2.36. The van der Waals surface area contributed by atoms with Gasteiger partial charge < -0.3 is 4.74 Å². The molecule has 2 aliphatic rings. The first-order valence-electron chi connectivity index (χ1n) is 8.14. The van der Waals surface area contributed by atoms with Crippen LogP contribution in [-0.2, 0) is 9.53 Å². The van der Waals surface area contributed by atoms with Crippen LogP contribution in [0.4, 0.5) is 0 Å². The van der Waals surface area contributed by atoms with Gasteiger partial charge in [-0.15, -0.1) is 0 Å². The lowest BCUT2D eigenvalue weighted by Crippen LogP contribution is -2.60. The Kier molecular flexibility index (Phi) is 5.08. The van der Waals surface area contributed by atoms with Crippen molar-refractivity contribution in [3.8, 4) is 0 Å². The molecule has 0 radical (unpaired) electrons. The van der Waals surface area contributed by atoms with Crippen molar-refractivity contribution in [2.24, 2.45) is 0 Å². The summed E-state index contributed by atoms with van der Waals surface area (Å²) in [5.41, 5.74) is -0.443. The van der Waals surface area contributed by atoms with Gasteiger partial charge in [0.1, 0.15) is 5.54 Å². The van der Waals surface area contributed by atoms with Gasteiger partial charge in [0.15, 0.2) is 0 Å². The van der Waals surface area contributed by atoms with E-state index in [9.17, 15) is 4.79 Å². The molecule has 0 spiro atoms. The zero-order valence-electron chi connectivity index (χ0n) is 13.4. The molecule has 2 saturated carbocycles. The Labute approximate surface area is 123 Å². The first kappa shape index (κ1) is 15.8. The number of methoxy groups -OCH3 is 1. The van der Waals surface area contributed by atoms with Crippen molar-refractivity contribution in [2.75, 3.05) is 13.7 Å². The normalized spacial score (nSPS) is 30.8. The fourth-order valence-corrected chi connectivity index (χ4v) is 3.76. The average molecular weight is 282 g/mol. The molecule has 2 fully saturated rings. The number of carbonyl (C=O) groups excluding carboxylic acids is 1. The summed E-state index contributed by atoms with van der Waals surface area (Å²) in [6.45, 7) is 7.74. The van der Waals surface area contributed by atoms with Crippen molar-refractivity contribution in [1.29, 1.82) is 0 Å². The predicted molar refractivity (Wildman–Crippen MR) is 80.7 cm³/mol.